The predicted molar refractivity (Wildman–Crippen MR) is 70.3 cm³/mol. The highest BCUT2D eigenvalue weighted by Crippen LogP contribution is 2.36. The number of ether oxygens (including phenoxy) is 1. The fraction of sp³-hybridized carbons (Fsp3) is 0.385. The van der Waals surface area contributed by atoms with Gasteiger partial charge in [0, 0.05) is 17.1 Å². The van der Waals surface area contributed by atoms with Gasteiger partial charge in [0.2, 0.25) is 0 Å². The van der Waals surface area contributed by atoms with Gasteiger partial charge in [-0.15, -0.1) is 0 Å². The lowest BCUT2D eigenvalue weighted by Crippen LogP contribution is -1.99. The first-order chi connectivity index (χ1) is 7.54. The summed E-state index contributed by atoms with van der Waals surface area (Å²) in [5, 5.41) is 0.801. The maximum atomic E-state index is 6.28. The molecule has 2 nitrogen and oxygen atoms in total. The molecular formula is C13H18ClNO. The maximum absolute atomic E-state index is 6.28. The molecule has 0 spiro atoms. The number of hydrogen-bond donors (Lipinski definition) is 1. The molecule has 0 amide bonds. The standard InChI is InChI=1S/C13H18ClNO/c1-8-9(2)13(16-4)11(6-5-7-15)10(3)12(8)14/h5-6H,7,15H2,1-4H3/b6-5+. The molecule has 0 saturated carbocycles. The van der Waals surface area contributed by atoms with Gasteiger partial charge >= 0.3 is 0 Å². The second-order valence-electron chi connectivity index (χ2n) is 3.77. The molecule has 1 rings (SSSR count). The number of halogens is 1. The van der Waals surface area contributed by atoms with Crippen LogP contribution < -0.4 is 10.5 Å². The Labute approximate surface area is 102 Å². The molecule has 16 heavy (non-hydrogen) atoms. The average Bonchev–Trinajstić information content (AvgIpc) is 2.29. The molecule has 0 unspecified atom stereocenters. The Morgan fingerprint density at radius 3 is 2.31 bits per heavy atom. The van der Waals surface area contributed by atoms with Crippen LogP contribution in [0, 0.1) is 20.8 Å². The van der Waals surface area contributed by atoms with Crippen molar-refractivity contribution < 1.29 is 4.74 Å². The first kappa shape index (κ1) is 13.1. The number of nitrogens with two attached hydrogens (primary N) is 1. The van der Waals surface area contributed by atoms with Gasteiger partial charge in [-0.05, 0) is 37.5 Å². The summed E-state index contributed by atoms with van der Waals surface area (Å²) in [5.41, 5.74) is 9.66. The third kappa shape index (κ3) is 2.23. The molecule has 0 bridgehead atoms. The molecule has 0 heterocycles. The van der Waals surface area contributed by atoms with Crippen LogP contribution in [0.4, 0.5) is 0 Å². The monoisotopic (exact) mass is 239 g/mol. The highest BCUT2D eigenvalue weighted by molar-refractivity contribution is 6.32. The van der Waals surface area contributed by atoms with Crippen LogP contribution in [0.25, 0.3) is 6.08 Å². The third-order valence-corrected chi connectivity index (χ3v) is 3.40. The minimum absolute atomic E-state index is 0.507. The lowest BCUT2D eigenvalue weighted by atomic mass is 9.98. The van der Waals surface area contributed by atoms with Crippen molar-refractivity contribution in [2.75, 3.05) is 13.7 Å². The Hall–Kier alpha value is -0.990. The fourth-order valence-corrected chi connectivity index (χ4v) is 2.00. The van der Waals surface area contributed by atoms with E-state index in [1.165, 1.54) is 0 Å². The molecule has 2 N–H and O–H groups in total. The molecule has 0 aliphatic carbocycles. The van der Waals surface area contributed by atoms with Crippen molar-refractivity contribution in [1.82, 2.24) is 0 Å². The van der Waals surface area contributed by atoms with Gasteiger partial charge in [-0.2, -0.15) is 0 Å². The number of benzene rings is 1. The minimum atomic E-state index is 0.507. The summed E-state index contributed by atoms with van der Waals surface area (Å²) >= 11 is 6.28. The molecule has 0 atom stereocenters. The summed E-state index contributed by atoms with van der Waals surface area (Å²) < 4.78 is 5.44. The van der Waals surface area contributed by atoms with E-state index in [1.807, 2.05) is 32.9 Å². The Morgan fingerprint density at radius 2 is 1.81 bits per heavy atom. The van der Waals surface area contributed by atoms with E-state index in [0.29, 0.717) is 6.54 Å². The summed E-state index contributed by atoms with van der Waals surface area (Å²) in [7, 11) is 1.68. The zero-order valence-electron chi connectivity index (χ0n) is 10.2. The van der Waals surface area contributed by atoms with Crippen molar-refractivity contribution in [3.8, 4) is 5.75 Å². The second-order valence-corrected chi connectivity index (χ2v) is 4.15. The molecule has 0 radical (unpaired) electrons. The van der Waals surface area contributed by atoms with Gasteiger partial charge in [-0.25, -0.2) is 0 Å². The minimum Gasteiger partial charge on any atom is -0.496 e. The highest BCUT2D eigenvalue weighted by Gasteiger charge is 2.14. The number of rotatable bonds is 3. The van der Waals surface area contributed by atoms with E-state index < -0.39 is 0 Å². The molecule has 0 aromatic heterocycles. The van der Waals surface area contributed by atoms with Crippen LogP contribution in [-0.4, -0.2) is 13.7 Å². The quantitative estimate of drug-likeness (QED) is 0.879. The third-order valence-electron chi connectivity index (χ3n) is 2.83. The Kier molecular flexibility index (Phi) is 4.39. The molecule has 3 heteroatoms. The first-order valence-electron chi connectivity index (χ1n) is 5.24. The van der Waals surface area contributed by atoms with Gasteiger partial charge < -0.3 is 10.5 Å². The summed E-state index contributed by atoms with van der Waals surface area (Å²) in [4.78, 5) is 0. The first-order valence-corrected chi connectivity index (χ1v) is 5.62. The van der Waals surface area contributed by atoms with Gasteiger partial charge in [0.25, 0.3) is 0 Å². The second kappa shape index (κ2) is 5.37. The molecule has 0 aliphatic rings. The van der Waals surface area contributed by atoms with Gasteiger partial charge in [-0.1, -0.05) is 23.8 Å². The molecule has 1 aromatic carbocycles. The van der Waals surface area contributed by atoms with E-state index in [0.717, 1.165) is 33.0 Å². The molecule has 0 fully saturated rings. The number of hydrogen-bond acceptors (Lipinski definition) is 2. The van der Waals surface area contributed by atoms with E-state index in [2.05, 4.69) is 0 Å². The van der Waals surface area contributed by atoms with Gasteiger partial charge in [0.1, 0.15) is 5.75 Å². The topological polar surface area (TPSA) is 35.2 Å². The van der Waals surface area contributed by atoms with E-state index in [9.17, 15) is 0 Å². The van der Waals surface area contributed by atoms with Crippen LogP contribution in [0.15, 0.2) is 6.08 Å². The van der Waals surface area contributed by atoms with Crippen molar-refractivity contribution in [2.24, 2.45) is 5.73 Å². The van der Waals surface area contributed by atoms with Gasteiger partial charge in [0.05, 0.1) is 7.11 Å². The zero-order chi connectivity index (χ0) is 12.3. The normalized spacial score (nSPS) is 11.1. The SMILES string of the molecule is COc1c(C)c(C)c(Cl)c(C)c1/C=C/CN. The summed E-state index contributed by atoms with van der Waals surface area (Å²) in [5.74, 6) is 0.879. The van der Waals surface area contributed by atoms with Crippen LogP contribution in [0.5, 0.6) is 5.75 Å². The molecule has 88 valence electrons. The van der Waals surface area contributed by atoms with Gasteiger partial charge in [-0.3, -0.25) is 0 Å². The van der Waals surface area contributed by atoms with Crippen LogP contribution >= 0.6 is 11.6 Å². The molecular weight excluding hydrogens is 222 g/mol. The molecule has 1 aromatic rings. The fourth-order valence-electron chi connectivity index (χ4n) is 1.76. The van der Waals surface area contributed by atoms with Gasteiger partial charge in [0.15, 0.2) is 0 Å². The summed E-state index contributed by atoms with van der Waals surface area (Å²) in [6, 6.07) is 0. The maximum Gasteiger partial charge on any atom is 0.129 e. The zero-order valence-corrected chi connectivity index (χ0v) is 11.0. The van der Waals surface area contributed by atoms with Crippen molar-refractivity contribution >= 4 is 17.7 Å². The Morgan fingerprint density at radius 1 is 1.19 bits per heavy atom. The van der Waals surface area contributed by atoms with Crippen molar-refractivity contribution in [1.29, 1.82) is 0 Å². The van der Waals surface area contributed by atoms with Crippen molar-refractivity contribution in [3.05, 3.63) is 33.4 Å². The Balaban J connectivity index is 3.51. The van der Waals surface area contributed by atoms with E-state index in [-0.39, 0.29) is 0 Å². The average molecular weight is 240 g/mol. The van der Waals surface area contributed by atoms with E-state index in [4.69, 9.17) is 22.1 Å². The summed E-state index contributed by atoms with van der Waals surface area (Å²) in [6.07, 6.45) is 3.86. The van der Waals surface area contributed by atoms with Crippen molar-refractivity contribution in [3.63, 3.8) is 0 Å². The van der Waals surface area contributed by atoms with Crippen LogP contribution in [0.1, 0.15) is 22.3 Å². The largest absolute Gasteiger partial charge is 0.496 e. The Bertz CT molecular complexity index is 425. The highest BCUT2D eigenvalue weighted by atomic mass is 35.5. The smallest absolute Gasteiger partial charge is 0.129 e. The van der Waals surface area contributed by atoms with Crippen molar-refractivity contribution in [2.45, 2.75) is 20.8 Å². The van der Waals surface area contributed by atoms with Crippen LogP contribution in [0.3, 0.4) is 0 Å². The lowest BCUT2D eigenvalue weighted by Gasteiger charge is -2.16. The molecule has 0 aliphatic heterocycles. The van der Waals surface area contributed by atoms with Crippen LogP contribution in [-0.2, 0) is 0 Å². The summed E-state index contributed by atoms with van der Waals surface area (Å²) in [6.45, 7) is 6.52. The van der Waals surface area contributed by atoms with E-state index >= 15 is 0 Å². The predicted octanol–water partition coefficient (Wildman–Crippen LogP) is 3.25. The van der Waals surface area contributed by atoms with E-state index in [1.54, 1.807) is 7.11 Å². The lowest BCUT2D eigenvalue weighted by molar-refractivity contribution is 0.410. The number of methoxy groups -OCH3 is 1. The molecule has 0 saturated heterocycles. The van der Waals surface area contributed by atoms with Crippen LogP contribution in [0.2, 0.25) is 5.02 Å².